The molecule has 0 aromatic carbocycles. The van der Waals surface area contributed by atoms with Gasteiger partial charge in [0.25, 0.3) is 0 Å². The van der Waals surface area contributed by atoms with E-state index in [2.05, 4.69) is 72.4 Å². The zero-order chi connectivity index (χ0) is 32.8. The molecule has 4 nitrogen and oxygen atoms in total. The summed E-state index contributed by atoms with van der Waals surface area (Å²) in [5, 5.41) is 9.96. The predicted molar refractivity (Wildman–Crippen MR) is 200 cm³/mol. The minimum absolute atomic E-state index is 0. The fourth-order valence-electron chi connectivity index (χ4n) is 4.72. The molecule has 0 rings (SSSR count). The molecule has 0 amide bonds. The molecule has 0 saturated heterocycles. The number of hydrogen-bond donors (Lipinski definition) is 2. The Labute approximate surface area is 278 Å². The van der Waals surface area contributed by atoms with Crippen molar-refractivity contribution in [3.05, 3.63) is 48.6 Å². The maximum Gasteiger partial charge on any atom is 0.0949 e. The number of nitrogens with two attached hydrogens (primary N) is 1. The number of rotatable bonds is 30. The van der Waals surface area contributed by atoms with E-state index in [1.165, 1.54) is 141 Å². The normalized spacial score (nSPS) is 12.5. The third-order valence-corrected chi connectivity index (χ3v) is 7.57. The molecule has 0 aliphatic heterocycles. The number of unbranched alkanes of at least 4 members (excludes halogenated alkanes) is 18. The fraction of sp³-hybridized carbons (Fsp3) is 0.800. The second kappa shape index (κ2) is 38.0. The Morgan fingerprint density at radius 3 is 1.07 bits per heavy atom. The number of hydrazine groups is 1. The van der Waals surface area contributed by atoms with Gasteiger partial charge in [0, 0.05) is 14.5 Å². The average molecular weight is 621 g/mol. The van der Waals surface area contributed by atoms with Gasteiger partial charge in [-0.1, -0.05) is 140 Å². The lowest BCUT2D eigenvalue weighted by molar-refractivity contribution is -0.306. The van der Waals surface area contributed by atoms with Crippen molar-refractivity contribution >= 4 is 0 Å². The molecule has 44 heavy (non-hydrogen) atoms. The highest BCUT2D eigenvalue weighted by atomic mass is 17.1. The van der Waals surface area contributed by atoms with Crippen molar-refractivity contribution in [2.24, 2.45) is 5.84 Å². The highest BCUT2D eigenvalue weighted by Gasteiger charge is 2.07. The smallest absolute Gasteiger partial charge is 0.0949 e. The fourth-order valence-corrected chi connectivity index (χ4v) is 4.72. The third-order valence-electron chi connectivity index (χ3n) is 7.57. The third kappa shape index (κ3) is 45.2. The van der Waals surface area contributed by atoms with Crippen LogP contribution in [0.2, 0.25) is 0 Å². The Balaban J connectivity index is -0.00000227. The van der Waals surface area contributed by atoms with E-state index >= 15 is 0 Å². The monoisotopic (exact) mass is 621 g/mol. The number of hydrogen-bond acceptors (Lipinski definition) is 4. The van der Waals surface area contributed by atoms with E-state index in [0.717, 1.165) is 25.9 Å². The molecular formula is C40H80N2O2. The molecule has 0 bridgehead atoms. The number of allylic oxidation sites excluding steroid dienone is 8. The molecule has 0 saturated carbocycles. The quantitative estimate of drug-likeness (QED) is 0.0276. The SMILES string of the molecule is CC(C)(C)OO.CCCCC/C=C\C/C=C\CCCCCCCCN(N)CCCCCCCC/C=C\C/C=C\CCCCC.[HH]. The van der Waals surface area contributed by atoms with Crippen LogP contribution >= 0.6 is 0 Å². The summed E-state index contributed by atoms with van der Waals surface area (Å²) in [5.74, 6) is 6.20. The summed E-state index contributed by atoms with van der Waals surface area (Å²) in [5.41, 5.74) is -0.403. The van der Waals surface area contributed by atoms with Crippen LogP contribution in [0.5, 0.6) is 0 Å². The summed E-state index contributed by atoms with van der Waals surface area (Å²) in [4.78, 5) is 3.94. The van der Waals surface area contributed by atoms with Crippen molar-refractivity contribution in [1.82, 2.24) is 5.01 Å². The van der Waals surface area contributed by atoms with E-state index in [4.69, 9.17) is 11.1 Å². The lowest BCUT2D eigenvalue weighted by Crippen LogP contribution is -2.32. The van der Waals surface area contributed by atoms with E-state index in [1.807, 2.05) is 0 Å². The van der Waals surface area contributed by atoms with Gasteiger partial charge in [0.1, 0.15) is 0 Å². The zero-order valence-corrected chi connectivity index (χ0v) is 30.4. The highest BCUT2D eigenvalue weighted by Crippen LogP contribution is 2.10. The summed E-state index contributed by atoms with van der Waals surface area (Å²) in [6.07, 6.45) is 50.1. The molecule has 0 fully saturated rings. The van der Waals surface area contributed by atoms with Crippen LogP contribution in [-0.2, 0) is 4.89 Å². The van der Waals surface area contributed by atoms with E-state index < -0.39 is 5.60 Å². The van der Waals surface area contributed by atoms with Crippen molar-refractivity contribution in [1.29, 1.82) is 0 Å². The molecule has 0 aliphatic carbocycles. The minimum Gasteiger partial charge on any atom is -0.269 e. The number of nitrogens with zero attached hydrogens (tertiary/aromatic N) is 1. The van der Waals surface area contributed by atoms with Gasteiger partial charge in [0.2, 0.25) is 0 Å². The van der Waals surface area contributed by atoms with Gasteiger partial charge in [-0.15, -0.1) is 0 Å². The summed E-state index contributed by atoms with van der Waals surface area (Å²) < 4.78 is 0. The van der Waals surface area contributed by atoms with Crippen LogP contribution in [0, 0.1) is 0 Å². The molecule has 0 radical (unpaired) electrons. The van der Waals surface area contributed by atoms with Gasteiger partial charge in [-0.2, -0.15) is 0 Å². The van der Waals surface area contributed by atoms with Crippen LogP contribution in [0.15, 0.2) is 48.6 Å². The highest BCUT2D eigenvalue weighted by molar-refractivity contribution is 4.93. The minimum atomic E-state index is -0.403. The van der Waals surface area contributed by atoms with Crippen LogP contribution in [0.3, 0.4) is 0 Å². The Bertz CT molecular complexity index is 607. The second-order valence-corrected chi connectivity index (χ2v) is 13.4. The van der Waals surface area contributed by atoms with Crippen molar-refractivity contribution < 1.29 is 11.6 Å². The van der Waals surface area contributed by atoms with Gasteiger partial charge in [-0.25, -0.2) is 9.90 Å². The molecule has 0 unspecified atom stereocenters. The second-order valence-electron chi connectivity index (χ2n) is 13.4. The zero-order valence-electron chi connectivity index (χ0n) is 30.4. The Kier molecular flexibility index (Phi) is 38.8. The van der Waals surface area contributed by atoms with Gasteiger partial charge < -0.3 is 0 Å². The first kappa shape index (κ1) is 44.9. The Hall–Kier alpha value is -1.20. The maximum absolute atomic E-state index is 7.90. The molecule has 4 heteroatoms. The van der Waals surface area contributed by atoms with Crippen LogP contribution in [0.4, 0.5) is 0 Å². The van der Waals surface area contributed by atoms with Crippen molar-refractivity contribution in [3.63, 3.8) is 0 Å². The lowest BCUT2D eigenvalue weighted by Gasteiger charge is -2.15. The molecule has 0 spiro atoms. The van der Waals surface area contributed by atoms with Gasteiger partial charge >= 0.3 is 0 Å². The first-order valence-corrected chi connectivity index (χ1v) is 18.8. The van der Waals surface area contributed by atoms with E-state index in [-0.39, 0.29) is 1.43 Å². The van der Waals surface area contributed by atoms with Crippen molar-refractivity contribution in [3.8, 4) is 0 Å². The van der Waals surface area contributed by atoms with Gasteiger partial charge in [0.15, 0.2) is 0 Å². The van der Waals surface area contributed by atoms with E-state index in [0.29, 0.717) is 0 Å². The largest absolute Gasteiger partial charge is 0.269 e. The van der Waals surface area contributed by atoms with Crippen molar-refractivity contribution in [2.45, 2.75) is 194 Å². The first-order valence-electron chi connectivity index (χ1n) is 18.8. The summed E-state index contributed by atoms with van der Waals surface area (Å²) >= 11 is 0. The van der Waals surface area contributed by atoms with Crippen LogP contribution in [0.1, 0.15) is 190 Å². The predicted octanol–water partition coefficient (Wildman–Crippen LogP) is 13.3. The molecule has 0 aromatic rings. The van der Waals surface area contributed by atoms with E-state index in [9.17, 15) is 0 Å². The molecule has 0 heterocycles. The topological polar surface area (TPSA) is 58.7 Å². The average Bonchev–Trinajstić information content (AvgIpc) is 3.00. The van der Waals surface area contributed by atoms with Crippen molar-refractivity contribution in [2.75, 3.05) is 13.1 Å². The summed E-state index contributed by atoms with van der Waals surface area (Å²) in [6, 6.07) is 0. The molecular weight excluding hydrogens is 540 g/mol. The summed E-state index contributed by atoms with van der Waals surface area (Å²) in [6.45, 7) is 12.0. The van der Waals surface area contributed by atoms with Gasteiger partial charge in [0.05, 0.1) is 5.60 Å². The maximum atomic E-state index is 7.90. The van der Waals surface area contributed by atoms with E-state index in [1.54, 1.807) is 20.8 Å². The Morgan fingerprint density at radius 2 is 0.773 bits per heavy atom. The van der Waals surface area contributed by atoms with Gasteiger partial charge in [-0.3, -0.25) is 11.1 Å². The first-order chi connectivity index (χ1) is 21.4. The van der Waals surface area contributed by atoms with Crippen LogP contribution in [0.25, 0.3) is 0 Å². The molecule has 0 atom stereocenters. The van der Waals surface area contributed by atoms with Crippen LogP contribution in [-0.4, -0.2) is 29.0 Å². The molecule has 0 aliphatic rings. The molecule has 3 N–H and O–H groups in total. The summed E-state index contributed by atoms with van der Waals surface area (Å²) in [7, 11) is 0. The lowest BCUT2D eigenvalue weighted by atomic mass is 10.1. The molecule has 0 aromatic heterocycles. The Morgan fingerprint density at radius 1 is 0.500 bits per heavy atom. The van der Waals surface area contributed by atoms with Crippen LogP contribution < -0.4 is 5.84 Å². The molecule has 262 valence electrons. The standard InChI is InChI=1S/C36H68N2.C4H10O2.H2/c1-3-5-7-9-11-13-15-17-19-21-23-25-27-29-31-33-35-38(37)36-34-32-30-28-26-24-22-20-18-16-14-12-10-8-6-4-2;1-4(2,3)6-5;/h11-14,17-20H,3-10,15-16,21-37H2,1-2H3;5H,1-3H3;1H/b13-11-,14-12-,19-17-,20-18-;;. The van der Waals surface area contributed by atoms with Gasteiger partial charge in [-0.05, 0) is 97.8 Å².